The first kappa shape index (κ1) is 18.9. The van der Waals surface area contributed by atoms with Crippen LogP contribution in [-0.4, -0.2) is 29.1 Å². The number of aliphatic imine (C=N–C) groups is 1. The molecule has 0 spiro atoms. The lowest BCUT2D eigenvalue weighted by atomic mass is 10.1. The molecule has 0 saturated carbocycles. The van der Waals surface area contributed by atoms with Crippen LogP contribution in [0.4, 0.5) is 24.7 Å². The molecular weight excluding hydrogens is 351 g/mol. The summed E-state index contributed by atoms with van der Waals surface area (Å²) in [5.74, 6) is -0.0602. The molecule has 138 valence electrons. The fraction of sp³-hybridized carbons (Fsp3) is 0.267. The number of nitrogens with two attached hydrogens (primary N) is 2. The summed E-state index contributed by atoms with van der Waals surface area (Å²) in [7, 11) is 0. The van der Waals surface area contributed by atoms with Gasteiger partial charge in [-0.15, -0.1) is 13.2 Å². The normalized spacial score (nSPS) is 11.8. The van der Waals surface area contributed by atoms with Crippen molar-refractivity contribution in [3.05, 3.63) is 35.5 Å². The van der Waals surface area contributed by atoms with Gasteiger partial charge in [0.05, 0.1) is 5.69 Å². The quantitative estimate of drug-likeness (QED) is 0.350. The number of benzene rings is 1. The highest BCUT2D eigenvalue weighted by molar-refractivity contribution is 5.92. The number of H-pyrrole nitrogens is 1. The number of rotatable bonds is 6. The first-order chi connectivity index (χ1) is 12.3. The molecule has 11 heteroatoms. The fourth-order valence-electron chi connectivity index (χ4n) is 2.08. The van der Waals surface area contributed by atoms with Gasteiger partial charge in [-0.25, -0.2) is 0 Å². The number of ether oxygens (including phenoxy) is 1. The molecule has 2 aromatic rings. The van der Waals surface area contributed by atoms with Crippen molar-refractivity contribution in [1.29, 1.82) is 5.26 Å². The summed E-state index contributed by atoms with van der Waals surface area (Å²) in [6.07, 6.45) is -3.62. The smallest absolute Gasteiger partial charge is 0.406 e. The van der Waals surface area contributed by atoms with Gasteiger partial charge in [0.1, 0.15) is 17.4 Å². The molecule has 8 nitrogen and oxygen atoms in total. The maximum absolute atomic E-state index is 12.1. The summed E-state index contributed by atoms with van der Waals surface area (Å²) in [5, 5.41) is 18.2. The van der Waals surface area contributed by atoms with Crippen molar-refractivity contribution in [2.45, 2.75) is 19.2 Å². The highest BCUT2D eigenvalue weighted by Gasteiger charge is 2.30. The number of aromatic amines is 1. The predicted octanol–water partition coefficient (Wildman–Crippen LogP) is 2.12. The van der Waals surface area contributed by atoms with Gasteiger partial charge in [-0.05, 0) is 37.1 Å². The van der Waals surface area contributed by atoms with Crippen LogP contribution in [0.2, 0.25) is 0 Å². The number of anilines is 2. The fourth-order valence-corrected chi connectivity index (χ4v) is 2.08. The Morgan fingerprint density at radius 3 is 2.65 bits per heavy atom. The lowest BCUT2D eigenvalue weighted by Crippen LogP contribution is -2.23. The molecule has 0 fully saturated rings. The van der Waals surface area contributed by atoms with Crippen molar-refractivity contribution in [3.8, 4) is 11.8 Å². The van der Waals surface area contributed by atoms with Crippen molar-refractivity contribution < 1.29 is 17.9 Å². The van der Waals surface area contributed by atoms with E-state index in [9.17, 15) is 13.2 Å². The summed E-state index contributed by atoms with van der Waals surface area (Å²) < 4.78 is 40.0. The molecule has 0 aliphatic carbocycles. The molecule has 26 heavy (non-hydrogen) atoms. The van der Waals surface area contributed by atoms with Crippen molar-refractivity contribution in [2.24, 2.45) is 10.7 Å². The van der Waals surface area contributed by atoms with E-state index >= 15 is 0 Å². The molecule has 0 amide bonds. The van der Waals surface area contributed by atoms with Crippen molar-refractivity contribution >= 4 is 17.5 Å². The van der Waals surface area contributed by atoms with Crippen LogP contribution in [0, 0.1) is 11.3 Å². The zero-order chi connectivity index (χ0) is 19.2. The topological polar surface area (TPSA) is 138 Å². The van der Waals surface area contributed by atoms with E-state index in [1.165, 1.54) is 12.1 Å². The number of hydrogen-bond acceptors (Lipinski definition) is 5. The molecule has 0 radical (unpaired) electrons. The number of aryl methyl sites for hydroxylation is 1. The maximum Gasteiger partial charge on any atom is 0.573 e. The molecule has 0 aliphatic heterocycles. The number of nitrogens with zero attached hydrogens (tertiary/aromatic N) is 3. The monoisotopic (exact) mass is 367 g/mol. The van der Waals surface area contributed by atoms with Gasteiger partial charge >= 0.3 is 6.36 Å². The molecule has 0 saturated heterocycles. The molecule has 6 N–H and O–H groups in total. The molecule has 1 aromatic heterocycles. The second kappa shape index (κ2) is 8.11. The zero-order valence-corrected chi connectivity index (χ0v) is 13.5. The minimum absolute atomic E-state index is 0.110. The number of nitrogens with one attached hydrogen (secondary N) is 2. The molecule has 0 atom stereocenters. The SMILES string of the molecule is N#Cc1c(N)n[nH]c1CCCN=C(N)Nc1ccc(OC(F)(F)F)cc1. The average Bonchev–Trinajstić information content (AvgIpc) is 2.92. The minimum atomic E-state index is -4.74. The van der Waals surface area contributed by atoms with Crippen molar-refractivity contribution in [1.82, 2.24) is 10.2 Å². The molecule has 1 heterocycles. The summed E-state index contributed by atoms with van der Waals surface area (Å²) >= 11 is 0. The lowest BCUT2D eigenvalue weighted by Gasteiger charge is -2.10. The van der Waals surface area contributed by atoms with Gasteiger partial charge in [0, 0.05) is 12.2 Å². The van der Waals surface area contributed by atoms with E-state index in [1.807, 2.05) is 6.07 Å². The van der Waals surface area contributed by atoms with E-state index in [0.717, 1.165) is 12.1 Å². The van der Waals surface area contributed by atoms with Crippen LogP contribution in [0.5, 0.6) is 5.75 Å². The highest BCUT2D eigenvalue weighted by Crippen LogP contribution is 2.23. The van der Waals surface area contributed by atoms with E-state index in [-0.39, 0.29) is 17.5 Å². The summed E-state index contributed by atoms with van der Waals surface area (Å²) in [6.45, 7) is 0.373. The van der Waals surface area contributed by atoms with Crippen LogP contribution in [0.15, 0.2) is 29.3 Å². The van der Waals surface area contributed by atoms with Crippen LogP contribution in [-0.2, 0) is 6.42 Å². The third-order valence-electron chi connectivity index (χ3n) is 3.21. The largest absolute Gasteiger partial charge is 0.573 e. The number of alkyl halides is 3. The molecule has 0 aliphatic rings. The number of nitrogen functional groups attached to an aromatic ring is 1. The van der Waals surface area contributed by atoms with Gasteiger partial charge in [-0.2, -0.15) is 10.4 Å². The van der Waals surface area contributed by atoms with Gasteiger partial charge in [0.25, 0.3) is 0 Å². The number of halogens is 3. The Morgan fingerprint density at radius 1 is 1.35 bits per heavy atom. The summed E-state index contributed by atoms with van der Waals surface area (Å²) in [4.78, 5) is 4.10. The van der Waals surface area contributed by atoms with Crippen LogP contribution < -0.4 is 21.5 Å². The number of hydrogen-bond donors (Lipinski definition) is 4. The third kappa shape index (κ3) is 5.59. The molecule has 1 aromatic carbocycles. The van der Waals surface area contributed by atoms with Crippen LogP contribution in [0.25, 0.3) is 0 Å². The summed E-state index contributed by atoms with van der Waals surface area (Å²) in [6, 6.07) is 7.07. The second-order valence-corrected chi connectivity index (χ2v) is 5.14. The van der Waals surface area contributed by atoms with Gasteiger partial charge in [0.15, 0.2) is 11.8 Å². The lowest BCUT2D eigenvalue weighted by molar-refractivity contribution is -0.274. The zero-order valence-electron chi connectivity index (χ0n) is 13.5. The first-order valence-electron chi connectivity index (χ1n) is 7.44. The van der Waals surface area contributed by atoms with Gasteiger partial charge < -0.3 is 21.5 Å². The van der Waals surface area contributed by atoms with E-state index in [0.29, 0.717) is 36.3 Å². The van der Waals surface area contributed by atoms with Gasteiger partial charge in [-0.1, -0.05) is 0 Å². The van der Waals surface area contributed by atoms with Gasteiger partial charge in [0.2, 0.25) is 0 Å². The van der Waals surface area contributed by atoms with Crippen molar-refractivity contribution in [3.63, 3.8) is 0 Å². The third-order valence-corrected chi connectivity index (χ3v) is 3.21. The standard InChI is InChI=1S/C15H16F3N7O/c16-15(17,18)26-10-5-3-9(4-6-10)23-14(21)22-7-1-2-12-11(8-19)13(20)25-24-12/h3-6H,1-2,7H2,(H3,20,24,25)(H3,21,22,23). The van der Waals surface area contributed by atoms with E-state index in [1.54, 1.807) is 0 Å². The first-order valence-corrected chi connectivity index (χ1v) is 7.44. The molecular formula is C15H16F3N7O. The Morgan fingerprint density at radius 2 is 2.04 bits per heavy atom. The van der Waals surface area contributed by atoms with Crippen LogP contribution in [0.1, 0.15) is 17.7 Å². The average molecular weight is 367 g/mol. The maximum atomic E-state index is 12.1. The molecule has 2 rings (SSSR count). The Bertz CT molecular complexity index is 806. The second-order valence-electron chi connectivity index (χ2n) is 5.14. The molecule has 0 unspecified atom stereocenters. The van der Waals surface area contributed by atoms with Gasteiger partial charge in [-0.3, -0.25) is 10.1 Å². The van der Waals surface area contributed by atoms with E-state index in [2.05, 4.69) is 25.2 Å². The van der Waals surface area contributed by atoms with Crippen molar-refractivity contribution in [2.75, 3.05) is 17.6 Å². The summed E-state index contributed by atoms with van der Waals surface area (Å²) in [5.41, 5.74) is 12.7. The van der Waals surface area contributed by atoms with Crippen LogP contribution in [0.3, 0.4) is 0 Å². The number of aromatic nitrogens is 2. The van der Waals surface area contributed by atoms with E-state index in [4.69, 9.17) is 16.7 Å². The Labute approximate surface area is 146 Å². The Balaban J connectivity index is 1.82. The Kier molecular flexibility index (Phi) is 5.90. The minimum Gasteiger partial charge on any atom is -0.406 e. The van der Waals surface area contributed by atoms with Crippen LogP contribution >= 0.6 is 0 Å². The highest BCUT2D eigenvalue weighted by atomic mass is 19.4. The number of guanidine groups is 1. The Hall–Kier alpha value is -3.42. The molecule has 0 bridgehead atoms. The van der Waals surface area contributed by atoms with E-state index < -0.39 is 6.36 Å². The number of nitriles is 1. The predicted molar refractivity (Wildman–Crippen MR) is 89.3 cm³/mol.